The molecule has 6 nitrogen and oxygen atoms in total. The van der Waals surface area contributed by atoms with Gasteiger partial charge in [0.25, 0.3) is 0 Å². The maximum absolute atomic E-state index is 13.9. The van der Waals surface area contributed by atoms with Crippen LogP contribution in [0, 0.1) is 12.7 Å². The van der Waals surface area contributed by atoms with Gasteiger partial charge in [-0.25, -0.2) is 4.39 Å². The summed E-state index contributed by atoms with van der Waals surface area (Å²) in [4.78, 5) is 14.6. The number of aromatic amines is 1. The first-order valence-corrected chi connectivity index (χ1v) is 8.63. The minimum atomic E-state index is -0.351. The quantitative estimate of drug-likeness (QED) is 0.779. The van der Waals surface area contributed by atoms with Crippen molar-refractivity contribution in [3.8, 4) is 11.3 Å². The van der Waals surface area contributed by atoms with Crippen LogP contribution in [0.2, 0.25) is 0 Å². The lowest BCUT2D eigenvalue weighted by Gasteiger charge is -2.24. The molecule has 1 aromatic carbocycles. The lowest BCUT2D eigenvalue weighted by Crippen LogP contribution is -2.32. The van der Waals surface area contributed by atoms with E-state index in [1.807, 2.05) is 13.0 Å². The van der Waals surface area contributed by atoms with Crippen LogP contribution in [0.3, 0.4) is 0 Å². The maximum Gasteiger partial charge on any atom is 0.227 e. The predicted octanol–water partition coefficient (Wildman–Crippen LogP) is 3.42. The lowest BCUT2D eigenvalue weighted by molar-refractivity contribution is -0.131. The van der Waals surface area contributed by atoms with Gasteiger partial charge in [0, 0.05) is 12.6 Å². The third-order valence-corrected chi connectivity index (χ3v) is 4.77. The van der Waals surface area contributed by atoms with Crippen molar-refractivity contribution in [1.82, 2.24) is 20.3 Å². The van der Waals surface area contributed by atoms with Crippen LogP contribution in [0.15, 0.2) is 41.1 Å². The van der Waals surface area contributed by atoms with Crippen LogP contribution in [-0.2, 0) is 11.2 Å². The largest absolute Gasteiger partial charge is 0.356 e. The van der Waals surface area contributed by atoms with Crippen LogP contribution in [-0.4, -0.2) is 32.7 Å². The van der Waals surface area contributed by atoms with Gasteiger partial charge in [0.1, 0.15) is 5.82 Å². The first-order valence-electron chi connectivity index (χ1n) is 8.63. The second-order valence-corrected chi connectivity index (χ2v) is 6.54. The molecule has 1 atom stereocenters. The highest BCUT2D eigenvalue weighted by atomic mass is 19.1. The molecule has 0 unspecified atom stereocenters. The molecule has 0 saturated carbocycles. The molecule has 3 heterocycles. The minimum Gasteiger partial charge on any atom is -0.356 e. The topological polar surface area (TPSA) is 75.0 Å². The van der Waals surface area contributed by atoms with Gasteiger partial charge in [0.15, 0.2) is 5.76 Å². The molecule has 1 amide bonds. The molecule has 0 aliphatic carbocycles. The van der Waals surface area contributed by atoms with Crippen molar-refractivity contribution in [3.05, 3.63) is 59.3 Å². The number of nitrogens with zero attached hydrogens (tertiary/aromatic N) is 3. The number of amides is 1. The van der Waals surface area contributed by atoms with Crippen LogP contribution in [0.4, 0.5) is 4.39 Å². The highest BCUT2D eigenvalue weighted by molar-refractivity contribution is 5.80. The minimum absolute atomic E-state index is 0.0497. The number of aromatic nitrogens is 3. The number of hydrogen-bond acceptors (Lipinski definition) is 4. The molecule has 1 fully saturated rings. The summed E-state index contributed by atoms with van der Waals surface area (Å²) >= 11 is 0. The molecule has 1 saturated heterocycles. The Balaban J connectivity index is 1.59. The third-order valence-electron chi connectivity index (χ3n) is 4.77. The van der Waals surface area contributed by atoms with Gasteiger partial charge in [-0.3, -0.25) is 9.89 Å². The summed E-state index contributed by atoms with van der Waals surface area (Å²) in [5.74, 6) is 0.183. The van der Waals surface area contributed by atoms with Crippen molar-refractivity contribution in [3.63, 3.8) is 0 Å². The molecule has 2 aromatic heterocycles. The normalized spacial score (nSPS) is 17.0. The standard InChI is InChI=1S/C19H19FN4O2/c1-12-9-17(26-23-12)14-11-21-22-19(14)16-7-4-8-24(16)18(25)10-13-5-2-3-6-15(13)20/h2-3,5-6,9,11,16H,4,7-8,10H2,1H3,(H,21,22)/t16-/m0/s1. The number of likely N-dealkylation sites (tertiary alicyclic amines) is 1. The van der Waals surface area contributed by atoms with Crippen molar-refractivity contribution in [1.29, 1.82) is 0 Å². The first kappa shape index (κ1) is 16.5. The Kier molecular flexibility index (Phi) is 4.28. The van der Waals surface area contributed by atoms with E-state index in [9.17, 15) is 9.18 Å². The van der Waals surface area contributed by atoms with E-state index in [4.69, 9.17) is 4.52 Å². The van der Waals surface area contributed by atoms with Gasteiger partial charge in [-0.1, -0.05) is 23.4 Å². The van der Waals surface area contributed by atoms with Crippen LogP contribution in [0.25, 0.3) is 11.3 Å². The van der Waals surface area contributed by atoms with E-state index in [2.05, 4.69) is 15.4 Å². The van der Waals surface area contributed by atoms with Gasteiger partial charge in [-0.05, 0) is 31.4 Å². The van der Waals surface area contributed by atoms with E-state index in [1.54, 1.807) is 29.3 Å². The molecule has 4 rings (SSSR count). The number of rotatable bonds is 4. The van der Waals surface area contributed by atoms with Crippen molar-refractivity contribution >= 4 is 5.91 Å². The second kappa shape index (κ2) is 6.74. The van der Waals surface area contributed by atoms with E-state index >= 15 is 0 Å². The Morgan fingerprint density at radius 2 is 2.27 bits per heavy atom. The number of halogens is 1. The zero-order valence-corrected chi connectivity index (χ0v) is 14.4. The van der Waals surface area contributed by atoms with E-state index < -0.39 is 0 Å². The summed E-state index contributed by atoms with van der Waals surface area (Å²) in [5.41, 5.74) is 2.84. The molecule has 1 aliphatic rings. The fourth-order valence-corrected chi connectivity index (χ4v) is 3.51. The average molecular weight is 354 g/mol. The molecule has 0 radical (unpaired) electrons. The van der Waals surface area contributed by atoms with Crippen molar-refractivity contribution in [2.75, 3.05) is 6.54 Å². The molecular formula is C19H19FN4O2. The van der Waals surface area contributed by atoms with Crippen LogP contribution in [0.1, 0.15) is 35.8 Å². The van der Waals surface area contributed by atoms with E-state index in [0.717, 1.165) is 29.8 Å². The zero-order valence-electron chi connectivity index (χ0n) is 14.4. The summed E-state index contributed by atoms with van der Waals surface area (Å²) < 4.78 is 19.2. The summed E-state index contributed by atoms with van der Waals surface area (Å²) in [5, 5.41) is 11.1. The molecule has 26 heavy (non-hydrogen) atoms. The van der Waals surface area contributed by atoms with Gasteiger partial charge in [-0.15, -0.1) is 0 Å². The van der Waals surface area contributed by atoms with Gasteiger partial charge in [-0.2, -0.15) is 5.10 Å². The maximum atomic E-state index is 13.9. The number of carbonyl (C=O) groups is 1. The van der Waals surface area contributed by atoms with E-state index in [1.165, 1.54) is 6.07 Å². The SMILES string of the molecule is Cc1cc(-c2cn[nH]c2[C@@H]2CCCN2C(=O)Cc2ccccc2F)on1. The van der Waals surface area contributed by atoms with Crippen molar-refractivity contribution in [2.24, 2.45) is 0 Å². The summed E-state index contributed by atoms with van der Waals surface area (Å²) in [7, 11) is 0. The number of H-pyrrole nitrogens is 1. The molecule has 0 bridgehead atoms. The number of carbonyl (C=O) groups excluding carboxylic acids is 1. The van der Waals surface area contributed by atoms with E-state index in [0.29, 0.717) is 17.9 Å². The summed E-state index contributed by atoms with van der Waals surface area (Å²) in [6, 6.07) is 8.11. The Morgan fingerprint density at radius 1 is 1.42 bits per heavy atom. The number of benzene rings is 1. The highest BCUT2D eigenvalue weighted by Crippen LogP contribution is 2.37. The number of hydrogen-bond donors (Lipinski definition) is 1. The number of aryl methyl sites for hydroxylation is 1. The Morgan fingerprint density at radius 3 is 3.04 bits per heavy atom. The molecule has 134 valence electrons. The van der Waals surface area contributed by atoms with Gasteiger partial charge >= 0.3 is 0 Å². The predicted molar refractivity (Wildman–Crippen MR) is 92.6 cm³/mol. The molecule has 1 N–H and O–H groups in total. The highest BCUT2D eigenvalue weighted by Gasteiger charge is 2.33. The molecule has 3 aromatic rings. The van der Waals surface area contributed by atoms with Crippen molar-refractivity contribution in [2.45, 2.75) is 32.2 Å². The lowest BCUT2D eigenvalue weighted by atomic mass is 10.0. The molecule has 1 aliphatic heterocycles. The third kappa shape index (κ3) is 3.00. The van der Waals surface area contributed by atoms with E-state index in [-0.39, 0.29) is 24.2 Å². The summed E-state index contributed by atoms with van der Waals surface area (Å²) in [6.07, 6.45) is 3.45. The molecule has 0 spiro atoms. The molecule has 7 heteroatoms. The van der Waals surface area contributed by atoms with Gasteiger partial charge in [0.05, 0.1) is 35.6 Å². The number of nitrogens with one attached hydrogen (secondary N) is 1. The Labute approximate surface area is 150 Å². The smallest absolute Gasteiger partial charge is 0.227 e. The molecular weight excluding hydrogens is 335 g/mol. The monoisotopic (exact) mass is 354 g/mol. The Bertz CT molecular complexity index is 933. The van der Waals surface area contributed by atoms with Gasteiger partial charge < -0.3 is 9.42 Å². The first-order chi connectivity index (χ1) is 12.6. The zero-order chi connectivity index (χ0) is 18.1. The fourth-order valence-electron chi connectivity index (χ4n) is 3.51. The average Bonchev–Trinajstić information content (AvgIpc) is 3.35. The fraction of sp³-hybridized carbons (Fsp3) is 0.316. The second-order valence-electron chi connectivity index (χ2n) is 6.54. The van der Waals surface area contributed by atoms with Crippen LogP contribution in [0.5, 0.6) is 0 Å². The van der Waals surface area contributed by atoms with Crippen LogP contribution < -0.4 is 0 Å². The van der Waals surface area contributed by atoms with Gasteiger partial charge in [0.2, 0.25) is 5.91 Å². The van der Waals surface area contributed by atoms with Crippen LogP contribution >= 0.6 is 0 Å². The van der Waals surface area contributed by atoms with Crippen molar-refractivity contribution < 1.29 is 13.7 Å². The Hall–Kier alpha value is -2.96. The summed E-state index contributed by atoms with van der Waals surface area (Å²) in [6.45, 7) is 2.50.